The van der Waals surface area contributed by atoms with E-state index in [4.69, 9.17) is 9.97 Å². The molecule has 0 unspecified atom stereocenters. The first-order valence-electron chi connectivity index (χ1n) is 13.7. The van der Waals surface area contributed by atoms with E-state index in [0.29, 0.717) is 0 Å². The average Bonchev–Trinajstić information content (AvgIpc) is 3.52. The van der Waals surface area contributed by atoms with Crippen LogP contribution >= 0.6 is 0 Å². The number of hydrogen-bond donors (Lipinski definition) is 0. The van der Waals surface area contributed by atoms with Crippen molar-refractivity contribution in [3.8, 4) is 34.2 Å². The van der Waals surface area contributed by atoms with Crippen LogP contribution in [0.3, 0.4) is 0 Å². The van der Waals surface area contributed by atoms with Gasteiger partial charge in [0, 0.05) is 22.5 Å². The van der Waals surface area contributed by atoms with Crippen LogP contribution in [0.25, 0.3) is 56.2 Å². The molecule has 2 aromatic heterocycles. The molecule has 5 aromatic carbocycles. The predicted molar refractivity (Wildman–Crippen MR) is 166 cm³/mol. The Balaban J connectivity index is 1.52. The molecular weight excluding hydrogens is 488 g/mol. The van der Waals surface area contributed by atoms with Crippen LogP contribution < -0.4 is 0 Å². The molecule has 0 radical (unpaired) electrons. The minimum Gasteiger partial charge on any atom is -0.292 e. The minimum atomic E-state index is 0.958. The minimum absolute atomic E-state index is 0.958. The van der Waals surface area contributed by atoms with E-state index in [9.17, 15) is 0 Å². The van der Waals surface area contributed by atoms with Crippen molar-refractivity contribution < 1.29 is 0 Å². The van der Waals surface area contributed by atoms with Gasteiger partial charge in [-0.1, -0.05) is 66.7 Å². The second kappa shape index (κ2) is 9.35. The normalized spacial score (nSPS) is 11.5. The van der Waals surface area contributed by atoms with Gasteiger partial charge >= 0.3 is 0 Å². The lowest BCUT2D eigenvalue weighted by Crippen LogP contribution is -2.04. The topological polar surface area (TPSA) is 35.6 Å². The third kappa shape index (κ3) is 3.76. The van der Waals surface area contributed by atoms with Gasteiger partial charge in [0.1, 0.15) is 11.6 Å². The highest BCUT2D eigenvalue weighted by molar-refractivity contribution is 5.86. The highest BCUT2D eigenvalue weighted by Gasteiger charge is 2.20. The monoisotopic (exact) mass is 518 g/mol. The van der Waals surface area contributed by atoms with E-state index in [1.165, 1.54) is 33.4 Å². The molecule has 0 amide bonds. The number of hydrogen-bond acceptors (Lipinski definition) is 2. The molecule has 0 bridgehead atoms. The number of para-hydroxylation sites is 4. The average molecular weight is 519 g/mol. The van der Waals surface area contributed by atoms with Crippen molar-refractivity contribution in [1.82, 2.24) is 19.1 Å². The van der Waals surface area contributed by atoms with E-state index in [1.807, 2.05) is 0 Å². The van der Waals surface area contributed by atoms with Gasteiger partial charge in [0.15, 0.2) is 0 Å². The van der Waals surface area contributed by atoms with Crippen molar-refractivity contribution in [3.63, 3.8) is 0 Å². The zero-order chi connectivity index (χ0) is 27.4. The fourth-order valence-electron chi connectivity index (χ4n) is 6.02. The molecular formula is C36H30N4. The number of fused-ring (bicyclic) bond motifs is 2. The Hall–Kier alpha value is -4.96. The van der Waals surface area contributed by atoms with Gasteiger partial charge in [-0.25, -0.2) is 9.97 Å². The molecule has 40 heavy (non-hydrogen) atoms. The molecule has 0 aliphatic carbocycles. The van der Waals surface area contributed by atoms with Crippen molar-refractivity contribution in [2.75, 3.05) is 0 Å². The number of aryl methyl sites for hydroxylation is 4. The van der Waals surface area contributed by atoms with Gasteiger partial charge in [0.2, 0.25) is 0 Å². The number of imidazole rings is 2. The van der Waals surface area contributed by atoms with Crippen LogP contribution in [0, 0.1) is 27.7 Å². The Morgan fingerprint density at radius 1 is 0.425 bits per heavy atom. The lowest BCUT2D eigenvalue weighted by atomic mass is 10.0. The van der Waals surface area contributed by atoms with Crippen LogP contribution in [-0.2, 0) is 0 Å². The maximum absolute atomic E-state index is 5.16. The first-order valence-corrected chi connectivity index (χ1v) is 13.7. The number of rotatable bonds is 4. The van der Waals surface area contributed by atoms with Crippen LogP contribution in [-0.4, -0.2) is 19.1 Å². The SMILES string of the molecule is Cc1cccc(C)c1-c1nc2ccccc2n1-c1cccc(-n2c(-c3c(C)cccc3C)nc3ccccc32)c1. The Morgan fingerprint density at radius 2 is 0.800 bits per heavy atom. The Labute approximate surface area is 234 Å². The first kappa shape index (κ1) is 24.1. The highest BCUT2D eigenvalue weighted by atomic mass is 15.1. The van der Waals surface area contributed by atoms with Gasteiger partial charge in [-0.3, -0.25) is 9.13 Å². The van der Waals surface area contributed by atoms with Crippen molar-refractivity contribution in [2.24, 2.45) is 0 Å². The lowest BCUT2D eigenvalue weighted by Gasteiger charge is -2.17. The number of benzene rings is 5. The quantitative estimate of drug-likeness (QED) is 0.233. The maximum Gasteiger partial charge on any atom is 0.146 e. The third-order valence-electron chi connectivity index (χ3n) is 7.88. The molecule has 0 spiro atoms. The molecule has 2 heterocycles. The van der Waals surface area contributed by atoms with E-state index in [-0.39, 0.29) is 0 Å². The third-order valence-corrected chi connectivity index (χ3v) is 7.88. The van der Waals surface area contributed by atoms with E-state index in [1.54, 1.807) is 0 Å². The van der Waals surface area contributed by atoms with E-state index >= 15 is 0 Å². The summed E-state index contributed by atoms with van der Waals surface area (Å²) in [5.74, 6) is 1.92. The first-order chi connectivity index (χ1) is 19.5. The molecule has 4 nitrogen and oxygen atoms in total. The van der Waals surface area contributed by atoms with E-state index in [2.05, 4.69) is 146 Å². The van der Waals surface area contributed by atoms with Crippen LogP contribution in [0.1, 0.15) is 22.3 Å². The maximum atomic E-state index is 5.16. The molecule has 7 aromatic rings. The summed E-state index contributed by atoms with van der Waals surface area (Å²) >= 11 is 0. The fourth-order valence-corrected chi connectivity index (χ4v) is 6.02. The van der Waals surface area contributed by atoms with Gasteiger partial charge in [-0.05, 0) is 92.4 Å². The van der Waals surface area contributed by atoms with Gasteiger partial charge in [0.05, 0.1) is 22.1 Å². The molecule has 0 N–H and O–H groups in total. The summed E-state index contributed by atoms with van der Waals surface area (Å²) in [4.78, 5) is 10.3. The predicted octanol–water partition coefficient (Wildman–Crippen LogP) is 8.93. The molecule has 4 heteroatoms. The molecule has 194 valence electrons. The van der Waals surface area contributed by atoms with Gasteiger partial charge < -0.3 is 0 Å². The van der Waals surface area contributed by atoms with Crippen molar-refractivity contribution in [1.29, 1.82) is 0 Å². The molecule has 0 atom stereocenters. The molecule has 0 saturated heterocycles. The van der Waals surface area contributed by atoms with Crippen molar-refractivity contribution in [3.05, 3.63) is 131 Å². The molecule has 0 aliphatic rings. The zero-order valence-corrected chi connectivity index (χ0v) is 23.2. The van der Waals surface area contributed by atoms with E-state index < -0.39 is 0 Å². The molecule has 0 fully saturated rings. The summed E-state index contributed by atoms with van der Waals surface area (Å²) in [7, 11) is 0. The van der Waals surface area contributed by atoms with Gasteiger partial charge in [-0.2, -0.15) is 0 Å². The number of aromatic nitrogens is 4. The summed E-state index contributed by atoms with van der Waals surface area (Å²) in [5.41, 5.74) is 13.5. The van der Waals surface area contributed by atoms with Gasteiger partial charge in [0.25, 0.3) is 0 Å². The van der Waals surface area contributed by atoms with Crippen LogP contribution in [0.5, 0.6) is 0 Å². The van der Waals surface area contributed by atoms with Gasteiger partial charge in [-0.15, -0.1) is 0 Å². The summed E-state index contributed by atoms with van der Waals surface area (Å²) in [6.07, 6.45) is 0. The zero-order valence-electron chi connectivity index (χ0n) is 23.2. The second-order valence-corrected chi connectivity index (χ2v) is 10.6. The van der Waals surface area contributed by atoms with Crippen LogP contribution in [0.15, 0.2) is 109 Å². The van der Waals surface area contributed by atoms with E-state index in [0.717, 1.165) is 45.1 Å². The molecule has 0 aliphatic heterocycles. The summed E-state index contributed by atoms with van der Waals surface area (Å²) in [5, 5.41) is 0. The number of nitrogens with zero attached hydrogens (tertiary/aromatic N) is 4. The Kier molecular flexibility index (Phi) is 5.64. The largest absolute Gasteiger partial charge is 0.292 e. The van der Waals surface area contributed by atoms with Crippen molar-refractivity contribution >= 4 is 22.1 Å². The molecule has 7 rings (SSSR count). The lowest BCUT2D eigenvalue weighted by molar-refractivity contribution is 1.06. The smallest absolute Gasteiger partial charge is 0.146 e. The molecule has 0 saturated carbocycles. The van der Waals surface area contributed by atoms with Crippen LogP contribution in [0.2, 0.25) is 0 Å². The van der Waals surface area contributed by atoms with Crippen LogP contribution in [0.4, 0.5) is 0 Å². The Morgan fingerprint density at radius 3 is 1.23 bits per heavy atom. The summed E-state index contributed by atoms with van der Waals surface area (Å²) in [6, 6.07) is 38.4. The second-order valence-electron chi connectivity index (χ2n) is 10.6. The summed E-state index contributed by atoms with van der Waals surface area (Å²) < 4.78 is 4.60. The summed E-state index contributed by atoms with van der Waals surface area (Å²) in [6.45, 7) is 8.65. The highest BCUT2D eigenvalue weighted by Crippen LogP contribution is 2.36. The standard InChI is InChI=1S/C36H30N4/c1-23-12-9-13-24(2)33(23)35-37-29-18-5-7-20-31(29)39(35)27-16-11-17-28(22-27)40-32-21-8-6-19-30(32)38-36(40)34-25(3)14-10-15-26(34)4/h5-22H,1-4H3. The Bertz CT molecular complexity index is 1870. The fraction of sp³-hybridized carbons (Fsp3) is 0.111. The van der Waals surface area contributed by atoms with Crippen molar-refractivity contribution in [2.45, 2.75) is 27.7 Å².